The van der Waals surface area contributed by atoms with Crippen LogP contribution in [0.5, 0.6) is 0 Å². The van der Waals surface area contributed by atoms with E-state index in [1.807, 2.05) is 17.9 Å². The summed E-state index contributed by atoms with van der Waals surface area (Å²) in [5.74, 6) is -0.362. The third-order valence-corrected chi connectivity index (χ3v) is 4.88. The van der Waals surface area contributed by atoms with Crippen LogP contribution in [0.2, 0.25) is 0 Å². The number of benzene rings is 1. The van der Waals surface area contributed by atoms with Crippen molar-refractivity contribution in [2.45, 2.75) is 32.7 Å². The zero-order valence-corrected chi connectivity index (χ0v) is 14.0. The molecule has 2 aromatic rings. The summed E-state index contributed by atoms with van der Waals surface area (Å²) in [5.41, 5.74) is 2.28. The highest BCUT2D eigenvalue weighted by Gasteiger charge is 2.25. The Labute approximate surface area is 138 Å². The standard InChI is InChI=1S/C16H19FN4OS/c1-10-5-6-13(17)14(8-10)21-7-3-4-12(9-21)18-16(22)15-11(2)19-20-23-15/h5-6,8,12H,3-4,7,9H2,1-2H3,(H,18,22). The summed E-state index contributed by atoms with van der Waals surface area (Å²) < 4.78 is 17.9. The average molecular weight is 334 g/mol. The van der Waals surface area contributed by atoms with Crippen molar-refractivity contribution in [2.75, 3.05) is 18.0 Å². The van der Waals surface area contributed by atoms with Gasteiger partial charge in [0.2, 0.25) is 0 Å². The number of carbonyl (C=O) groups excluding carboxylic acids is 1. The molecule has 7 heteroatoms. The summed E-state index contributed by atoms with van der Waals surface area (Å²) in [4.78, 5) is 14.8. The molecular formula is C16H19FN4OS. The molecule has 1 fully saturated rings. The van der Waals surface area contributed by atoms with Crippen LogP contribution in [0.15, 0.2) is 18.2 Å². The lowest BCUT2D eigenvalue weighted by molar-refractivity contribution is 0.0936. The molecule has 1 aliphatic heterocycles. The molecule has 1 aromatic carbocycles. The number of halogens is 1. The Bertz CT molecular complexity index is 718. The van der Waals surface area contributed by atoms with Crippen LogP contribution in [0.1, 0.15) is 33.8 Å². The smallest absolute Gasteiger partial charge is 0.265 e. The quantitative estimate of drug-likeness (QED) is 0.938. The first-order valence-electron chi connectivity index (χ1n) is 7.65. The number of nitrogens with zero attached hydrogens (tertiary/aromatic N) is 3. The van der Waals surface area contributed by atoms with Gasteiger partial charge in [0.25, 0.3) is 5.91 Å². The van der Waals surface area contributed by atoms with Crippen molar-refractivity contribution in [1.82, 2.24) is 14.9 Å². The first kappa shape index (κ1) is 15.9. The van der Waals surface area contributed by atoms with Crippen LogP contribution in [0.25, 0.3) is 0 Å². The van der Waals surface area contributed by atoms with E-state index in [-0.39, 0.29) is 17.8 Å². The highest BCUT2D eigenvalue weighted by molar-refractivity contribution is 7.08. The van der Waals surface area contributed by atoms with Crippen molar-refractivity contribution >= 4 is 23.1 Å². The number of aryl methyl sites for hydroxylation is 2. The van der Waals surface area contributed by atoms with Gasteiger partial charge in [-0.2, -0.15) is 0 Å². The molecule has 1 saturated heterocycles. The van der Waals surface area contributed by atoms with Crippen molar-refractivity contribution in [3.63, 3.8) is 0 Å². The number of aromatic nitrogens is 2. The lowest BCUT2D eigenvalue weighted by Crippen LogP contribution is -2.48. The van der Waals surface area contributed by atoms with E-state index in [0.29, 0.717) is 22.8 Å². The molecule has 1 N–H and O–H groups in total. The number of amides is 1. The molecule has 0 bridgehead atoms. The van der Waals surface area contributed by atoms with Crippen LogP contribution in [0.3, 0.4) is 0 Å². The van der Waals surface area contributed by atoms with Gasteiger partial charge in [-0.3, -0.25) is 4.79 Å². The number of carbonyl (C=O) groups is 1. The fraction of sp³-hybridized carbons (Fsp3) is 0.438. The van der Waals surface area contributed by atoms with E-state index >= 15 is 0 Å². The van der Waals surface area contributed by atoms with E-state index < -0.39 is 0 Å². The van der Waals surface area contributed by atoms with Crippen LogP contribution in [-0.2, 0) is 0 Å². The van der Waals surface area contributed by atoms with E-state index in [0.717, 1.165) is 36.5 Å². The minimum absolute atomic E-state index is 0.00216. The molecule has 1 aromatic heterocycles. The second-order valence-corrected chi connectivity index (χ2v) is 6.66. The number of hydrogen-bond acceptors (Lipinski definition) is 5. The molecule has 0 spiro atoms. The maximum absolute atomic E-state index is 14.1. The van der Waals surface area contributed by atoms with Crippen LogP contribution in [0.4, 0.5) is 10.1 Å². The van der Waals surface area contributed by atoms with Crippen LogP contribution in [-0.4, -0.2) is 34.6 Å². The molecule has 1 amide bonds. The summed E-state index contributed by atoms with van der Waals surface area (Å²) in [7, 11) is 0. The van der Waals surface area contributed by atoms with Crippen LogP contribution >= 0.6 is 11.5 Å². The predicted octanol–water partition coefficient (Wildman–Crippen LogP) is 2.69. The number of hydrogen-bond donors (Lipinski definition) is 1. The van der Waals surface area contributed by atoms with Gasteiger partial charge >= 0.3 is 0 Å². The largest absolute Gasteiger partial charge is 0.367 e. The monoisotopic (exact) mass is 334 g/mol. The Morgan fingerprint density at radius 1 is 1.43 bits per heavy atom. The van der Waals surface area contributed by atoms with Crippen molar-refractivity contribution in [3.8, 4) is 0 Å². The molecular weight excluding hydrogens is 315 g/mol. The summed E-state index contributed by atoms with van der Waals surface area (Å²) in [6.07, 6.45) is 1.80. The summed E-state index contributed by atoms with van der Waals surface area (Å²) in [6.45, 7) is 5.13. The maximum Gasteiger partial charge on any atom is 0.265 e. The van der Waals surface area contributed by atoms with E-state index in [1.54, 1.807) is 13.0 Å². The van der Waals surface area contributed by atoms with Gasteiger partial charge in [0.15, 0.2) is 0 Å². The van der Waals surface area contributed by atoms with E-state index in [4.69, 9.17) is 0 Å². The molecule has 23 heavy (non-hydrogen) atoms. The van der Waals surface area contributed by atoms with Gasteiger partial charge in [-0.1, -0.05) is 10.6 Å². The Kier molecular flexibility index (Phi) is 4.56. The second kappa shape index (κ2) is 6.62. The van der Waals surface area contributed by atoms with Crippen LogP contribution < -0.4 is 10.2 Å². The summed E-state index contributed by atoms with van der Waals surface area (Å²) in [6, 6.07) is 5.12. The number of anilines is 1. The molecule has 1 aliphatic rings. The highest BCUT2D eigenvalue weighted by Crippen LogP contribution is 2.24. The first-order chi connectivity index (χ1) is 11.0. The van der Waals surface area contributed by atoms with Crippen molar-refractivity contribution in [3.05, 3.63) is 40.2 Å². The second-order valence-electron chi connectivity index (χ2n) is 5.90. The van der Waals surface area contributed by atoms with Gasteiger partial charge in [-0.25, -0.2) is 4.39 Å². The third kappa shape index (κ3) is 3.50. The molecule has 3 rings (SSSR count). The molecule has 1 atom stereocenters. The van der Waals surface area contributed by atoms with E-state index in [1.165, 1.54) is 6.07 Å². The van der Waals surface area contributed by atoms with Crippen molar-refractivity contribution in [1.29, 1.82) is 0 Å². The number of rotatable bonds is 3. The number of piperidine rings is 1. The Morgan fingerprint density at radius 3 is 3.00 bits per heavy atom. The number of nitrogens with one attached hydrogen (secondary N) is 1. The maximum atomic E-state index is 14.1. The predicted molar refractivity (Wildman–Crippen MR) is 88.5 cm³/mol. The SMILES string of the molecule is Cc1ccc(F)c(N2CCCC(NC(=O)c3snnc3C)C2)c1. The zero-order valence-electron chi connectivity index (χ0n) is 13.2. The summed E-state index contributed by atoms with van der Waals surface area (Å²) in [5, 5.41) is 6.89. The molecule has 5 nitrogen and oxygen atoms in total. The zero-order chi connectivity index (χ0) is 16.4. The van der Waals surface area contributed by atoms with Gasteiger partial charge in [0, 0.05) is 19.1 Å². The Morgan fingerprint density at radius 2 is 2.26 bits per heavy atom. The highest BCUT2D eigenvalue weighted by atomic mass is 32.1. The minimum Gasteiger partial charge on any atom is -0.367 e. The lowest BCUT2D eigenvalue weighted by atomic mass is 10.0. The van der Waals surface area contributed by atoms with Gasteiger partial charge < -0.3 is 10.2 Å². The van der Waals surface area contributed by atoms with Gasteiger partial charge in [-0.15, -0.1) is 5.10 Å². The third-order valence-electron chi connectivity index (χ3n) is 4.06. The van der Waals surface area contributed by atoms with Crippen molar-refractivity contribution in [2.24, 2.45) is 0 Å². The molecule has 0 radical (unpaired) electrons. The van der Waals surface area contributed by atoms with Gasteiger partial charge in [-0.05, 0) is 55.9 Å². The first-order valence-corrected chi connectivity index (χ1v) is 8.43. The molecule has 0 saturated carbocycles. The minimum atomic E-state index is -0.218. The Balaban J connectivity index is 1.70. The molecule has 0 aliphatic carbocycles. The lowest BCUT2D eigenvalue weighted by Gasteiger charge is -2.35. The fourth-order valence-electron chi connectivity index (χ4n) is 2.87. The van der Waals surface area contributed by atoms with Crippen molar-refractivity contribution < 1.29 is 9.18 Å². The molecule has 2 heterocycles. The van der Waals surface area contributed by atoms with Gasteiger partial charge in [0.1, 0.15) is 10.7 Å². The van der Waals surface area contributed by atoms with Gasteiger partial charge in [0.05, 0.1) is 11.4 Å². The van der Waals surface area contributed by atoms with Crippen LogP contribution in [0, 0.1) is 19.7 Å². The van der Waals surface area contributed by atoms with E-state index in [9.17, 15) is 9.18 Å². The van der Waals surface area contributed by atoms with E-state index in [2.05, 4.69) is 14.9 Å². The average Bonchev–Trinajstić information content (AvgIpc) is 2.96. The molecule has 1 unspecified atom stereocenters. The normalized spacial score (nSPS) is 18.0. The summed E-state index contributed by atoms with van der Waals surface area (Å²) >= 11 is 1.10. The Hall–Kier alpha value is -2.02. The fourth-order valence-corrected chi connectivity index (χ4v) is 3.43. The topological polar surface area (TPSA) is 58.1 Å². The molecule has 122 valence electrons.